The second-order valence-corrected chi connectivity index (χ2v) is 5.03. The summed E-state index contributed by atoms with van der Waals surface area (Å²) >= 11 is 0. The third kappa shape index (κ3) is 2.13. The normalized spacial score (nSPS) is 10.9. The molecule has 0 amide bonds. The number of nitrogens with one attached hydrogen (secondary N) is 1. The zero-order valence-electron chi connectivity index (χ0n) is 12.0. The second kappa shape index (κ2) is 4.96. The molecule has 3 aromatic rings. The van der Waals surface area contributed by atoms with Crippen molar-refractivity contribution in [3.63, 3.8) is 0 Å². The molecule has 0 aliphatic heterocycles. The van der Waals surface area contributed by atoms with Crippen LogP contribution in [0.15, 0.2) is 36.7 Å². The summed E-state index contributed by atoms with van der Waals surface area (Å²) < 4.78 is 1.90. The summed E-state index contributed by atoms with van der Waals surface area (Å²) in [7, 11) is 1.96. The van der Waals surface area contributed by atoms with Gasteiger partial charge in [-0.05, 0) is 26.0 Å². The molecule has 0 unspecified atom stereocenters. The molecule has 0 aliphatic carbocycles. The lowest BCUT2D eigenvalue weighted by Crippen LogP contribution is -2.02. The zero-order valence-corrected chi connectivity index (χ0v) is 12.0. The van der Waals surface area contributed by atoms with Gasteiger partial charge in [-0.2, -0.15) is 5.10 Å². The highest BCUT2D eigenvalue weighted by atomic mass is 15.3. The maximum absolute atomic E-state index is 4.34. The molecule has 0 spiro atoms. The first-order valence-corrected chi connectivity index (χ1v) is 6.72. The fraction of sp³-hybridized carbons (Fsp3) is 0.250. The van der Waals surface area contributed by atoms with Gasteiger partial charge >= 0.3 is 0 Å². The first-order valence-electron chi connectivity index (χ1n) is 6.72. The molecule has 2 aromatic heterocycles. The molecule has 20 heavy (non-hydrogen) atoms. The minimum absolute atomic E-state index is 0.778. The van der Waals surface area contributed by atoms with Crippen molar-refractivity contribution in [3.8, 4) is 0 Å². The average Bonchev–Trinajstić information content (AvgIpc) is 2.77. The van der Waals surface area contributed by atoms with Crippen LogP contribution in [-0.2, 0) is 13.6 Å². The molecule has 0 saturated heterocycles. The minimum atomic E-state index is 0.778. The van der Waals surface area contributed by atoms with E-state index in [2.05, 4.69) is 46.6 Å². The summed E-state index contributed by atoms with van der Waals surface area (Å²) in [6, 6.07) is 8.34. The second-order valence-electron chi connectivity index (χ2n) is 5.03. The molecule has 4 nitrogen and oxygen atoms in total. The van der Waals surface area contributed by atoms with Crippen molar-refractivity contribution in [2.45, 2.75) is 20.4 Å². The Labute approximate surface area is 118 Å². The highest BCUT2D eigenvalue weighted by Gasteiger charge is 2.06. The van der Waals surface area contributed by atoms with Gasteiger partial charge in [-0.25, -0.2) is 0 Å². The molecule has 3 rings (SSSR count). The molecule has 0 aliphatic rings. The summed E-state index contributed by atoms with van der Waals surface area (Å²) in [5.74, 6) is 0. The van der Waals surface area contributed by atoms with Crippen LogP contribution in [-0.4, -0.2) is 14.8 Å². The number of hydrogen-bond acceptors (Lipinski definition) is 3. The Kier molecular flexibility index (Phi) is 3.14. The molecular formula is C16H18N4. The Morgan fingerprint density at radius 2 is 2.00 bits per heavy atom. The van der Waals surface area contributed by atoms with Gasteiger partial charge in [0.1, 0.15) is 0 Å². The van der Waals surface area contributed by atoms with Gasteiger partial charge in [0.15, 0.2) is 0 Å². The Morgan fingerprint density at radius 1 is 1.15 bits per heavy atom. The molecule has 1 N–H and O–H groups in total. The average molecular weight is 266 g/mol. The van der Waals surface area contributed by atoms with Crippen LogP contribution in [0, 0.1) is 13.8 Å². The van der Waals surface area contributed by atoms with E-state index in [0.29, 0.717) is 0 Å². The van der Waals surface area contributed by atoms with Crippen molar-refractivity contribution in [1.82, 2.24) is 14.8 Å². The summed E-state index contributed by atoms with van der Waals surface area (Å²) in [6.07, 6.45) is 3.78. The van der Waals surface area contributed by atoms with Gasteiger partial charge in [0.05, 0.1) is 6.20 Å². The molecule has 0 radical (unpaired) electrons. The van der Waals surface area contributed by atoms with Crippen molar-refractivity contribution in [3.05, 3.63) is 53.6 Å². The van der Waals surface area contributed by atoms with Gasteiger partial charge in [0, 0.05) is 53.2 Å². The highest BCUT2D eigenvalue weighted by molar-refractivity contribution is 5.94. The number of benzene rings is 1. The Balaban J connectivity index is 1.92. The van der Waals surface area contributed by atoms with Crippen LogP contribution in [0.4, 0.5) is 5.69 Å². The number of anilines is 1. The standard InChI is InChI=1S/C16H18N4/c1-11-14-5-4-6-16(15(14)7-8-17-11)18-9-13-10-19-20(3)12(13)2/h4-8,10,18H,9H2,1-3H3. The van der Waals surface area contributed by atoms with E-state index in [1.165, 1.54) is 22.0 Å². The first-order chi connectivity index (χ1) is 9.66. The van der Waals surface area contributed by atoms with Crippen LogP contribution in [0.2, 0.25) is 0 Å². The van der Waals surface area contributed by atoms with E-state index in [0.717, 1.165) is 17.9 Å². The van der Waals surface area contributed by atoms with Gasteiger partial charge in [-0.15, -0.1) is 0 Å². The summed E-state index contributed by atoms with van der Waals surface area (Å²) in [5.41, 5.74) is 4.60. The quantitative estimate of drug-likeness (QED) is 0.791. The minimum Gasteiger partial charge on any atom is -0.380 e. The lowest BCUT2D eigenvalue weighted by atomic mass is 10.1. The van der Waals surface area contributed by atoms with Gasteiger partial charge < -0.3 is 5.32 Å². The van der Waals surface area contributed by atoms with Crippen molar-refractivity contribution >= 4 is 16.5 Å². The molecule has 0 fully saturated rings. The van der Waals surface area contributed by atoms with Gasteiger partial charge in [0.2, 0.25) is 0 Å². The lowest BCUT2D eigenvalue weighted by Gasteiger charge is -2.10. The van der Waals surface area contributed by atoms with Gasteiger partial charge in [0.25, 0.3) is 0 Å². The Morgan fingerprint density at radius 3 is 2.75 bits per heavy atom. The van der Waals surface area contributed by atoms with Crippen LogP contribution >= 0.6 is 0 Å². The van der Waals surface area contributed by atoms with Crippen LogP contribution in [0.25, 0.3) is 10.8 Å². The predicted octanol–water partition coefficient (Wildman–Crippen LogP) is 3.20. The largest absolute Gasteiger partial charge is 0.380 e. The number of rotatable bonds is 3. The van der Waals surface area contributed by atoms with E-state index in [1.807, 2.05) is 31.0 Å². The van der Waals surface area contributed by atoms with Crippen molar-refractivity contribution in [2.75, 3.05) is 5.32 Å². The summed E-state index contributed by atoms with van der Waals surface area (Å²) in [4.78, 5) is 4.34. The number of fused-ring (bicyclic) bond motifs is 1. The molecule has 0 saturated carbocycles. The molecule has 102 valence electrons. The first kappa shape index (κ1) is 12.7. The highest BCUT2D eigenvalue weighted by Crippen LogP contribution is 2.25. The van der Waals surface area contributed by atoms with Gasteiger partial charge in [-0.1, -0.05) is 12.1 Å². The van der Waals surface area contributed by atoms with Gasteiger partial charge in [-0.3, -0.25) is 9.67 Å². The monoisotopic (exact) mass is 266 g/mol. The van der Waals surface area contributed by atoms with Crippen molar-refractivity contribution < 1.29 is 0 Å². The van der Waals surface area contributed by atoms with E-state index in [4.69, 9.17) is 0 Å². The lowest BCUT2D eigenvalue weighted by molar-refractivity contribution is 0.738. The Bertz CT molecular complexity index is 758. The van der Waals surface area contributed by atoms with Crippen LogP contribution in [0.5, 0.6) is 0 Å². The number of hydrogen-bond donors (Lipinski definition) is 1. The van der Waals surface area contributed by atoms with Crippen LogP contribution < -0.4 is 5.32 Å². The summed E-state index contributed by atoms with van der Waals surface area (Å²) in [6.45, 7) is 4.90. The number of aryl methyl sites for hydroxylation is 2. The smallest absolute Gasteiger partial charge is 0.0542 e. The fourth-order valence-corrected chi connectivity index (χ4v) is 2.42. The third-order valence-corrected chi connectivity index (χ3v) is 3.81. The van der Waals surface area contributed by atoms with E-state index < -0.39 is 0 Å². The molecule has 4 heteroatoms. The maximum Gasteiger partial charge on any atom is 0.0542 e. The van der Waals surface area contributed by atoms with E-state index in [-0.39, 0.29) is 0 Å². The van der Waals surface area contributed by atoms with E-state index in [1.54, 1.807) is 0 Å². The number of aromatic nitrogens is 3. The number of pyridine rings is 1. The summed E-state index contributed by atoms with van der Waals surface area (Å²) in [5, 5.41) is 10.2. The maximum atomic E-state index is 4.34. The Hall–Kier alpha value is -2.36. The predicted molar refractivity (Wildman–Crippen MR) is 81.8 cm³/mol. The van der Waals surface area contributed by atoms with Crippen LogP contribution in [0.3, 0.4) is 0 Å². The zero-order chi connectivity index (χ0) is 14.1. The third-order valence-electron chi connectivity index (χ3n) is 3.81. The van der Waals surface area contributed by atoms with E-state index in [9.17, 15) is 0 Å². The van der Waals surface area contributed by atoms with Crippen molar-refractivity contribution in [2.24, 2.45) is 7.05 Å². The SMILES string of the molecule is Cc1nccc2c(NCc3cnn(C)c3C)cccc12. The van der Waals surface area contributed by atoms with Crippen molar-refractivity contribution in [1.29, 1.82) is 0 Å². The topological polar surface area (TPSA) is 42.7 Å². The van der Waals surface area contributed by atoms with E-state index >= 15 is 0 Å². The molecular weight excluding hydrogens is 248 g/mol. The molecule has 0 bridgehead atoms. The number of nitrogens with zero attached hydrogens (tertiary/aromatic N) is 3. The fourth-order valence-electron chi connectivity index (χ4n) is 2.42. The molecule has 2 heterocycles. The van der Waals surface area contributed by atoms with Crippen LogP contribution in [0.1, 0.15) is 17.0 Å². The molecule has 0 atom stereocenters. The molecule has 1 aromatic carbocycles.